The quantitative estimate of drug-likeness (QED) is 0.395. The zero-order valence-electron chi connectivity index (χ0n) is 22.5. The Labute approximate surface area is 216 Å². The number of benzene rings is 2. The van der Waals surface area contributed by atoms with E-state index in [0.29, 0.717) is 18.7 Å². The maximum Gasteiger partial charge on any atom is 0.244 e. The lowest BCUT2D eigenvalue weighted by Crippen LogP contribution is -2.52. The predicted molar refractivity (Wildman–Crippen MR) is 146 cm³/mol. The number of anilines is 1. The fourth-order valence-electron chi connectivity index (χ4n) is 4.11. The molecule has 1 atom stereocenters. The number of aryl methyl sites for hydroxylation is 1. The molecule has 2 aromatic rings. The number of unbranched alkanes of at least 4 members (excludes halogenated alkanes) is 1. The molecule has 2 aromatic carbocycles. The van der Waals surface area contributed by atoms with Crippen LogP contribution >= 0.6 is 0 Å². The standard InChI is InChI=1S/C28H41N3O4S/c1-7-9-18-29-28(33)25(8-2)30(19-23-16-14-22(5)15-17-23)27(32)20-31(36(6,34)35)26-13-11-10-12-24(26)21(3)4/h10-17,21,25H,7-9,18-20H2,1-6H3,(H,29,33). The van der Waals surface area contributed by atoms with Crippen LogP contribution in [0, 0.1) is 6.92 Å². The number of sulfonamides is 1. The Morgan fingerprint density at radius 1 is 1.00 bits per heavy atom. The Kier molecular flexibility index (Phi) is 11.0. The fourth-order valence-corrected chi connectivity index (χ4v) is 4.98. The molecule has 0 fully saturated rings. The SMILES string of the molecule is CCCCNC(=O)C(CC)N(Cc1ccc(C)cc1)C(=O)CN(c1ccccc1C(C)C)S(C)(=O)=O. The zero-order valence-corrected chi connectivity index (χ0v) is 23.3. The first-order chi connectivity index (χ1) is 17.0. The first-order valence-corrected chi connectivity index (χ1v) is 14.5. The van der Waals surface area contributed by atoms with Gasteiger partial charge in [0.1, 0.15) is 12.6 Å². The minimum Gasteiger partial charge on any atom is -0.354 e. The summed E-state index contributed by atoms with van der Waals surface area (Å²) >= 11 is 0. The Morgan fingerprint density at radius 2 is 1.64 bits per heavy atom. The zero-order chi connectivity index (χ0) is 26.9. The highest BCUT2D eigenvalue weighted by Crippen LogP contribution is 2.29. The van der Waals surface area contributed by atoms with Gasteiger partial charge in [-0.25, -0.2) is 8.42 Å². The van der Waals surface area contributed by atoms with Crippen LogP contribution in [0.2, 0.25) is 0 Å². The third-order valence-corrected chi connectivity index (χ3v) is 7.32. The summed E-state index contributed by atoms with van der Waals surface area (Å²) in [6.45, 7) is 10.2. The lowest BCUT2D eigenvalue weighted by Gasteiger charge is -2.33. The summed E-state index contributed by atoms with van der Waals surface area (Å²) in [7, 11) is -3.77. The van der Waals surface area contributed by atoms with E-state index < -0.39 is 22.0 Å². The van der Waals surface area contributed by atoms with Crippen LogP contribution in [-0.2, 0) is 26.2 Å². The number of nitrogens with zero attached hydrogens (tertiary/aromatic N) is 2. The van der Waals surface area contributed by atoms with Gasteiger partial charge in [-0.05, 0) is 42.9 Å². The van der Waals surface area contributed by atoms with E-state index in [1.807, 2.05) is 71.0 Å². The van der Waals surface area contributed by atoms with Crippen molar-refractivity contribution in [2.45, 2.75) is 72.4 Å². The largest absolute Gasteiger partial charge is 0.354 e. The van der Waals surface area contributed by atoms with E-state index in [9.17, 15) is 18.0 Å². The number of carbonyl (C=O) groups is 2. The first kappa shape index (κ1) is 29.4. The van der Waals surface area contributed by atoms with Gasteiger partial charge >= 0.3 is 0 Å². The Hall–Kier alpha value is -2.87. The van der Waals surface area contributed by atoms with E-state index in [0.717, 1.165) is 40.1 Å². The maximum absolute atomic E-state index is 13.8. The van der Waals surface area contributed by atoms with Crippen LogP contribution < -0.4 is 9.62 Å². The topological polar surface area (TPSA) is 86.8 Å². The molecule has 1 unspecified atom stereocenters. The van der Waals surface area contributed by atoms with Crippen molar-refractivity contribution in [1.82, 2.24) is 10.2 Å². The summed E-state index contributed by atoms with van der Waals surface area (Å²) in [5, 5.41) is 2.94. The van der Waals surface area contributed by atoms with Gasteiger partial charge in [-0.1, -0.05) is 82.1 Å². The molecular formula is C28H41N3O4S. The monoisotopic (exact) mass is 515 g/mol. The van der Waals surface area contributed by atoms with Crippen molar-refractivity contribution in [3.05, 3.63) is 65.2 Å². The normalized spacial score (nSPS) is 12.3. The smallest absolute Gasteiger partial charge is 0.244 e. The predicted octanol–water partition coefficient (Wildman–Crippen LogP) is 4.61. The molecule has 2 rings (SSSR count). The molecule has 1 N–H and O–H groups in total. The minimum absolute atomic E-state index is 0.0666. The maximum atomic E-state index is 13.8. The van der Waals surface area contributed by atoms with Crippen LogP contribution in [0.5, 0.6) is 0 Å². The second-order valence-electron chi connectivity index (χ2n) is 9.56. The van der Waals surface area contributed by atoms with Gasteiger partial charge < -0.3 is 10.2 Å². The molecule has 0 bridgehead atoms. The van der Waals surface area contributed by atoms with Crippen LogP contribution in [0.25, 0.3) is 0 Å². The van der Waals surface area contributed by atoms with Gasteiger partial charge in [0.05, 0.1) is 11.9 Å². The Balaban J connectivity index is 2.46. The average molecular weight is 516 g/mol. The second-order valence-corrected chi connectivity index (χ2v) is 11.5. The summed E-state index contributed by atoms with van der Waals surface area (Å²) < 4.78 is 26.9. The Morgan fingerprint density at radius 3 is 2.19 bits per heavy atom. The van der Waals surface area contributed by atoms with E-state index >= 15 is 0 Å². The number of rotatable bonds is 13. The van der Waals surface area contributed by atoms with Gasteiger partial charge in [-0.2, -0.15) is 0 Å². The summed E-state index contributed by atoms with van der Waals surface area (Å²) in [6, 6.07) is 14.3. The third kappa shape index (κ3) is 8.08. The summed E-state index contributed by atoms with van der Waals surface area (Å²) in [6.07, 6.45) is 3.32. The summed E-state index contributed by atoms with van der Waals surface area (Å²) in [5.41, 5.74) is 3.29. The van der Waals surface area contributed by atoms with Crippen LogP contribution in [0.4, 0.5) is 5.69 Å². The molecule has 0 spiro atoms. The molecule has 0 aliphatic carbocycles. The number of hydrogen-bond acceptors (Lipinski definition) is 4. The van der Waals surface area contributed by atoms with Gasteiger partial charge in [0.2, 0.25) is 21.8 Å². The molecule has 0 saturated heterocycles. The van der Waals surface area contributed by atoms with Crippen LogP contribution in [-0.4, -0.2) is 50.5 Å². The van der Waals surface area contributed by atoms with Gasteiger partial charge in [-0.15, -0.1) is 0 Å². The highest BCUT2D eigenvalue weighted by Gasteiger charge is 2.32. The highest BCUT2D eigenvalue weighted by molar-refractivity contribution is 7.92. The van der Waals surface area contributed by atoms with Crippen molar-refractivity contribution in [1.29, 1.82) is 0 Å². The van der Waals surface area contributed by atoms with Crippen molar-refractivity contribution in [2.75, 3.05) is 23.7 Å². The minimum atomic E-state index is -3.77. The van der Waals surface area contributed by atoms with E-state index in [1.54, 1.807) is 12.1 Å². The lowest BCUT2D eigenvalue weighted by molar-refractivity contribution is -0.140. The van der Waals surface area contributed by atoms with E-state index in [1.165, 1.54) is 4.90 Å². The van der Waals surface area contributed by atoms with Gasteiger partial charge in [-0.3, -0.25) is 13.9 Å². The van der Waals surface area contributed by atoms with Crippen LogP contribution in [0.3, 0.4) is 0 Å². The second kappa shape index (κ2) is 13.4. The number of nitrogens with one attached hydrogen (secondary N) is 1. The molecular weight excluding hydrogens is 474 g/mol. The van der Waals surface area contributed by atoms with E-state index in [-0.39, 0.29) is 24.9 Å². The summed E-state index contributed by atoms with van der Waals surface area (Å²) in [4.78, 5) is 28.4. The molecule has 0 aliphatic heterocycles. The molecule has 0 radical (unpaired) electrons. The highest BCUT2D eigenvalue weighted by atomic mass is 32.2. The van der Waals surface area contributed by atoms with Crippen molar-refractivity contribution in [3.8, 4) is 0 Å². The molecule has 7 nitrogen and oxygen atoms in total. The number of para-hydroxylation sites is 1. The number of amides is 2. The van der Waals surface area contributed by atoms with Gasteiger partial charge in [0.15, 0.2) is 0 Å². The molecule has 0 heterocycles. The lowest BCUT2D eigenvalue weighted by atomic mass is 10.0. The van der Waals surface area contributed by atoms with Crippen LogP contribution in [0.1, 0.15) is 69.6 Å². The fraction of sp³-hybridized carbons (Fsp3) is 0.500. The molecule has 0 aromatic heterocycles. The first-order valence-electron chi connectivity index (χ1n) is 12.7. The molecule has 8 heteroatoms. The van der Waals surface area contributed by atoms with Gasteiger partial charge in [0, 0.05) is 13.1 Å². The average Bonchev–Trinajstić information content (AvgIpc) is 2.83. The molecule has 198 valence electrons. The van der Waals surface area contributed by atoms with Crippen LogP contribution in [0.15, 0.2) is 48.5 Å². The van der Waals surface area contributed by atoms with Gasteiger partial charge in [0.25, 0.3) is 0 Å². The van der Waals surface area contributed by atoms with E-state index in [2.05, 4.69) is 5.32 Å². The van der Waals surface area contributed by atoms with Crippen molar-refractivity contribution >= 4 is 27.5 Å². The Bertz CT molecular complexity index is 1110. The molecule has 0 aliphatic rings. The molecule has 0 saturated carbocycles. The van der Waals surface area contributed by atoms with E-state index in [4.69, 9.17) is 0 Å². The summed E-state index contributed by atoms with van der Waals surface area (Å²) in [5.74, 6) is -0.575. The number of hydrogen-bond donors (Lipinski definition) is 1. The van der Waals surface area contributed by atoms with Crippen molar-refractivity contribution in [2.24, 2.45) is 0 Å². The van der Waals surface area contributed by atoms with Crippen molar-refractivity contribution in [3.63, 3.8) is 0 Å². The third-order valence-electron chi connectivity index (χ3n) is 6.20. The molecule has 36 heavy (non-hydrogen) atoms. The molecule has 2 amide bonds. The number of carbonyl (C=O) groups excluding carboxylic acids is 2. The van der Waals surface area contributed by atoms with Crippen molar-refractivity contribution < 1.29 is 18.0 Å².